The van der Waals surface area contributed by atoms with E-state index >= 15 is 0 Å². The monoisotopic (exact) mass is 335 g/mol. The van der Waals surface area contributed by atoms with Crippen LogP contribution >= 0.6 is 39.1 Å². The Hall–Kier alpha value is -0.250. The Morgan fingerprint density at radius 1 is 1.41 bits per heavy atom. The van der Waals surface area contributed by atoms with Crippen LogP contribution in [0.25, 0.3) is 0 Å². The predicted octanol–water partition coefficient (Wildman–Crippen LogP) is 3.99. The molecule has 0 radical (unpaired) electrons. The number of alkyl halides is 1. The molecule has 1 atom stereocenters. The molecule has 1 aromatic carbocycles. The number of rotatable bonds is 1. The lowest BCUT2D eigenvalue weighted by molar-refractivity contribution is 0.0730. The number of likely N-dealkylation sites (tertiary alicyclic amines) is 1. The van der Waals surface area contributed by atoms with Gasteiger partial charge in [-0.3, -0.25) is 4.79 Å². The Morgan fingerprint density at radius 2 is 2.18 bits per heavy atom. The number of hydrogen-bond donors (Lipinski definition) is 0. The van der Waals surface area contributed by atoms with Crippen LogP contribution < -0.4 is 0 Å². The van der Waals surface area contributed by atoms with Crippen LogP contribution in [0.4, 0.5) is 0 Å². The molecule has 1 amide bonds. The van der Waals surface area contributed by atoms with Gasteiger partial charge in [0.15, 0.2) is 0 Å². The second kappa shape index (κ2) is 5.59. The van der Waals surface area contributed by atoms with Crippen LogP contribution in [0, 0.1) is 0 Å². The van der Waals surface area contributed by atoms with Crippen molar-refractivity contribution in [3.05, 3.63) is 33.8 Å². The van der Waals surface area contributed by atoms with Crippen molar-refractivity contribution in [3.63, 3.8) is 0 Å². The minimum atomic E-state index is -0.0401. The minimum Gasteiger partial charge on any atom is -0.337 e. The summed E-state index contributed by atoms with van der Waals surface area (Å²) in [6, 6.07) is 4.97. The molecule has 2 rings (SSSR count). The van der Waals surface area contributed by atoms with Gasteiger partial charge in [-0.05, 0) is 31.0 Å². The highest BCUT2D eigenvalue weighted by atomic mass is 79.9. The van der Waals surface area contributed by atoms with Crippen LogP contribution in [-0.2, 0) is 0 Å². The Morgan fingerprint density at radius 3 is 2.88 bits per heavy atom. The van der Waals surface area contributed by atoms with E-state index in [9.17, 15) is 4.79 Å². The van der Waals surface area contributed by atoms with Gasteiger partial charge in [-0.25, -0.2) is 0 Å². The van der Waals surface area contributed by atoms with E-state index in [1.807, 2.05) is 4.90 Å². The van der Waals surface area contributed by atoms with E-state index in [4.69, 9.17) is 23.2 Å². The fraction of sp³-hybridized carbons (Fsp3) is 0.417. The third-order valence-corrected chi connectivity index (χ3v) is 4.12. The predicted molar refractivity (Wildman–Crippen MR) is 74.3 cm³/mol. The zero-order chi connectivity index (χ0) is 12.4. The highest BCUT2D eigenvalue weighted by molar-refractivity contribution is 9.09. The summed E-state index contributed by atoms with van der Waals surface area (Å²) >= 11 is 15.5. The van der Waals surface area contributed by atoms with E-state index in [-0.39, 0.29) is 5.91 Å². The van der Waals surface area contributed by atoms with Crippen molar-refractivity contribution in [3.8, 4) is 0 Å². The lowest BCUT2D eigenvalue weighted by Gasteiger charge is -2.30. The molecule has 1 aliphatic heterocycles. The fourth-order valence-corrected chi connectivity index (χ4v) is 2.99. The second-order valence-electron chi connectivity index (χ2n) is 4.11. The fourth-order valence-electron chi connectivity index (χ4n) is 1.94. The quantitative estimate of drug-likeness (QED) is 0.710. The molecule has 0 N–H and O–H groups in total. The normalized spacial score (nSPS) is 20.4. The SMILES string of the molecule is O=C(c1cc(Cl)ccc1Cl)N1CCCC(Br)C1. The molecule has 1 fully saturated rings. The molecule has 1 saturated heterocycles. The summed E-state index contributed by atoms with van der Waals surface area (Å²) in [4.78, 5) is 14.5. The highest BCUT2D eigenvalue weighted by Gasteiger charge is 2.24. The molecular formula is C12H12BrCl2NO. The summed E-state index contributed by atoms with van der Waals surface area (Å²) in [7, 11) is 0. The van der Waals surface area contributed by atoms with Crippen LogP contribution in [0.2, 0.25) is 10.0 Å². The largest absolute Gasteiger partial charge is 0.337 e. The highest BCUT2D eigenvalue weighted by Crippen LogP contribution is 2.24. The zero-order valence-corrected chi connectivity index (χ0v) is 12.2. The molecular weight excluding hydrogens is 325 g/mol. The number of benzene rings is 1. The molecule has 0 aliphatic carbocycles. The first-order chi connectivity index (χ1) is 8.08. The molecule has 5 heteroatoms. The van der Waals surface area contributed by atoms with Crippen LogP contribution in [0.3, 0.4) is 0 Å². The van der Waals surface area contributed by atoms with Crippen LogP contribution in [0.1, 0.15) is 23.2 Å². The van der Waals surface area contributed by atoms with Gasteiger partial charge in [0.1, 0.15) is 0 Å². The van der Waals surface area contributed by atoms with Crippen molar-refractivity contribution in [2.45, 2.75) is 17.7 Å². The Bertz CT molecular complexity index is 439. The van der Waals surface area contributed by atoms with Gasteiger partial charge in [0.05, 0.1) is 10.6 Å². The smallest absolute Gasteiger partial charge is 0.255 e. The summed E-state index contributed by atoms with van der Waals surface area (Å²) in [5.74, 6) is -0.0401. The maximum atomic E-state index is 12.3. The minimum absolute atomic E-state index is 0.0401. The number of hydrogen-bond acceptors (Lipinski definition) is 1. The average Bonchev–Trinajstić information content (AvgIpc) is 2.31. The van der Waals surface area contributed by atoms with Gasteiger partial charge in [0, 0.05) is 22.9 Å². The number of carbonyl (C=O) groups excluding carboxylic acids is 1. The Kier molecular flexibility index (Phi) is 4.34. The first-order valence-corrected chi connectivity index (χ1v) is 7.13. The molecule has 2 nitrogen and oxygen atoms in total. The first kappa shape index (κ1) is 13.2. The zero-order valence-electron chi connectivity index (χ0n) is 9.13. The van der Waals surface area contributed by atoms with E-state index in [1.54, 1.807) is 18.2 Å². The van der Waals surface area contributed by atoms with E-state index in [0.717, 1.165) is 25.9 Å². The van der Waals surface area contributed by atoms with Crippen molar-refractivity contribution >= 4 is 45.0 Å². The van der Waals surface area contributed by atoms with Gasteiger partial charge < -0.3 is 4.90 Å². The van der Waals surface area contributed by atoms with Gasteiger partial charge in [0.25, 0.3) is 5.91 Å². The molecule has 92 valence electrons. The van der Waals surface area contributed by atoms with Crippen molar-refractivity contribution in [1.29, 1.82) is 0 Å². The van der Waals surface area contributed by atoms with Gasteiger partial charge in [-0.2, -0.15) is 0 Å². The summed E-state index contributed by atoms with van der Waals surface area (Å²) in [6.45, 7) is 1.51. The molecule has 0 aromatic heterocycles. The van der Waals surface area contributed by atoms with E-state index in [1.165, 1.54) is 0 Å². The molecule has 17 heavy (non-hydrogen) atoms. The van der Waals surface area contributed by atoms with E-state index in [2.05, 4.69) is 15.9 Å². The lowest BCUT2D eigenvalue weighted by atomic mass is 10.1. The maximum Gasteiger partial charge on any atom is 0.255 e. The van der Waals surface area contributed by atoms with Crippen molar-refractivity contribution in [2.75, 3.05) is 13.1 Å². The number of carbonyl (C=O) groups is 1. The van der Waals surface area contributed by atoms with Crippen LogP contribution in [0.5, 0.6) is 0 Å². The maximum absolute atomic E-state index is 12.3. The molecule has 1 heterocycles. The lowest BCUT2D eigenvalue weighted by Crippen LogP contribution is -2.40. The van der Waals surface area contributed by atoms with E-state index < -0.39 is 0 Å². The third kappa shape index (κ3) is 3.15. The van der Waals surface area contributed by atoms with E-state index in [0.29, 0.717) is 20.4 Å². The van der Waals surface area contributed by atoms with Gasteiger partial charge in [0.2, 0.25) is 0 Å². The average molecular weight is 337 g/mol. The van der Waals surface area contributed by atoms with Crippen molar-refractivity contribution in [2.24, 2.45) is 0 Å². The van der Waals surface area contributed by atoms with Crippen LogP contribution in [0.15, 0.2) is 18.2 Å². The number of halogens is 3. The van der Waals surface area contributed by atoms with Crippen molar-refractivity contribution in [1.82, 2.24) is 4.90 Å². The summed E-state index contributed by atoms with van der Waals surface area (Å²) in [6.07, 6.45) is 2.12. The van der Waals surface area contributed by atoms with Gasteiger partial charge in [-0.15, -0.1) is 0 Å². The molecule has 0 spiro atoms. The third-order valence-electron chi connectivity index (χ3n) is 2.81. The van der Waals surface area contributed by atoms with Crippen molar-refractivity contribution < 1.29 is 4.79 Å². The summed E-state index contributed by atoms with van der Waals surface area (Å²) < 4.78 is 0. The molecule has 1 unspecified atom stereocenters. The Labute approximate surface area is 119 Å². The topological polar surface area (TPSA) is 20.3 Å². The molecule has 1 aromatic rings. The number of nitrogens with zero attached hydrogens (tertiary/aromatic N) is 1. The summed E-state index contributed by atoms with van der Waals surface area (Å²) in [5, 5.41) is 0.987. The molecule has 1 aliphatic rings. The first-order valence-electron chi connectivity index (χ1n) is 5.46. The molecule has 0 saturated carbocycles. The summed E-state index contributed by atoms with van der Waals surface area (Å²) in [5.41, 5.74) is 0.487. The second-order valence-corrected chi connectivity index (χ2v) is 6.25. The molecule has 0 bridgehead atoms. The van der Waals surface area contributed by atoms with Gasteiger partial charge in [-0.1, -0.05) is 39.1 Å². The standard InChI is InChI=1S/C12H12BrCl2NO/c13-8-2-1-5-16(7-8)12(17)10-6-9(14)3-4-11(10)15/h3-4,6,8H,1-2,5,7H2. The number of amides is 1. The Balaban J connectivity index is 2.21. The van der Waals surface area contributed by atoms with Gasteiger partial charge >= 0.3 is 0 Å². The van der Waals surface area contributed by atoms with Crippen LogP contribution in [-0.4, -0.2) is 28.7 Å². The number of piperidine rings is 1.